The SMILES string of the molecule is CCNS(=O)(=O)c1ccc(OC)c(C(=O)Nc2ccccc2CC)c1. The molecule has 25 heavy (non-hydrogen) atoms. The van der Waals surface area contributed by atoms with Crippen LogP contribution in [0.1, 0.15) is 29.8 Å². The molecule has 2 aromatic carbocycles. The van der Waals surface area contributed by atoms with E-state index in [9.17, 15) is 13.2 Å². The van der Waals surface area contributed by atoms with Gasteiger partial charge < -0.3 is 10.1 Å². The minimum Gasteiger partial charge on any atom is -0.496 e. The third kappa shape index (κ3) is 4.37. The monoisotopic (exact) mass is 362 g/mol. The number of hydrogen-bond acceptors (Lipinski definition) is 4. The Balaban J connectivity index is 2.41. The molecule has 0 saturated heterocycles. The summed E-state index contributed by atoms with van der Waals surface area (Å²) in [5.41, 5.74) is 1.84. The van der Waals surface area contributed by atoms with E-state index in [1.165, 1.54) is 25.3 Å². The van der Waals surface area contributed by atoms with Gasteiger partial charge >= 0.3 is 0 Å². The van der Waals surface area contributed by atoms with Crippen molar-refractivity contribution >= 4 is 21.6 Å². The van der Waals surface area contributed by atoms with Gasteiger partial charge in [-0.05, 0) is 36.2 Å². The number of aryl methyl sites for hydroxylation is 1. The molecule has 0 atom stereocenters. The number of nitrogens with one attached hydrogen (secondary N) is 2. The second-order valence-electron chi connectivity index (χ2n) is 5.33. The first kappa shape index (κ1) is 19.0. The lowest BCUT2D eigenvalue weighted by Crippen LogP contribution is -2.24. The maximum atomic E-state index is 12.7. The minimum atomic E-state index is -3.66. The van der Waals surface area contributed by atoms with Gasteiger partial charge in [-0.2, -0.15) is 0 Å². The van der Waals surface area contributed by atoms with Crippen molar-refractivity contribution in [3.05, 3.63) is 53.6 Å². The summed E-state index contributed by atoms with van der Waals surface area (Å²) in [7, 11) is -2.23. The Kier molecular flexibility index (Phi) is 6.17. The zero-order valence-corrected chi connectivity index (χ0v) is 15.3. The van der Waals surface area contributed by atoms with Crippen molar-refractivity contribution in [3.8, 4) is 5.75 Å². The first-order chi connectivity index (χ1) is 11.9. The van der Waals surface area contributed by atoms with Gasteiger partial charge in [0.2, 0.25) is 10.0 Å². The molecule has 0 saturated carbocycles. The molecule has 2 N–H and O–H groups in total. The summed E-state index contributed by atoms with van der Waals surface area (Å²) >= 11 is 0. The molecular formula is C18H22N2O4S. The Bertz CT molecular complexity index is 863. The molecule has 0 spiro atoms. The molecule has 2 aromatic rings. The fraction of sp³-hybridized carbons (Fsp3) is 0.278. The molecular weight excluding hydrogens is 340 g/mol. The Hall–Kier alpha value is -2.38. The number of sulfonamides is 1. The zero-order valence-electron chi connectivity index (χ0n) is 14.5. The van der Waals surface area contributed by atoms with Gasteiger partial charge in [0.15, 0.2) is 0 Å². The van der Waals surface area contributed by atoms with Crippen LogP contribution in [0, 0.1) is 0 Å². The average molecular weight is 362 g/mol. The number of benzene rings is 2. The van der Waals surface area contributed by atoms with Crippen LogP contribution in [-0.4, -0.2) is 28.0 Å². The summed E-state index contributed by atoms with van der Waals surface area (Å²) in [5, 5.41) is 2.83. The van der Waals surface area contributed by atoms with E-state index in [0.29, 0.717) is 11.4 Å². The van der Waals surface area contributed by atoms with E-state index in [1.54, 1.807) is 6.92 Å². The maximum Gasteiger partial charge on any atom is 0.259 e. The van der Waals surface area contributed by atoms with Gasteiger partial charge in [-0.1, -0.05) is 32.0 Å². The van der Waals surface area contributed by atoms with Gasteiger partial charge in [0.1, 0.15) is 5.75 Å². The van der Waals surface area contributed by atoms with E-state index in [0.717, 1.165) is 12.0 Å². The van der Waals surface area contributed by atoms with Crippen LogP contribution in [0.2, 0.25) is 0 Å². The van der Waals surface area contributed by atoms with Crippen molar-refractivity contribution in [1.29, 1.82) is 0 Å². The number of hydrogen-bond donors (Lipinski definition) is 2. The third-order valence-electron chi connectivity index (χ3n) is 3.71. The first-order valence-electron chi connectivity index (χ1n) is 7.99. The lowest BCUT2D eigenvalue weighted by atomic mass is 10.1. The van der Waals surface area contributed by atoms with Gasteiger partial charge in [0.25, 0.3) is 5.91 Å². The second kappa shape index (κ2) is 8.13. The fourth-order valence-electron chi connectivity index (χ4n) is 2.45. The molecule has 0 bridgehead atoms. The van der Waals surface area contributed by atoms with Crippen LogP contribution in [0.15, 0.2) is 47.4 Å². The molecule has 134 valence electrons. The molecule has 2 rings (SSSR count). The fourth-order valence-corrected chi connectivity index (χ4v) is 3.51. The molecule has 0 aliphatic carbocycles. The summed E-state index contributed by atoms with van der Waals surface area (Å²) < 4.78 is 32.0. The lowest BCUT2D eigenvalue weighted by Gasteiger charge is -2.13. The van der Waals surface area contributed by atoms with E-state index in [1.807, 2.05) is 31.2 Å². The smallest absolute Gasteiger partial charge is 0.259 e. The van der Waals surface area contributed by atoms with Crippen molar-refractivity contribution in [2.24, 2.45) is 0 Å². The standard InChI is InChI=1S/C18H22N2O4S/c1-4-13-8-6-7-9-16(13)20-18(21)15-12-14(10-11-17(15)24-3)25(22,23)19-5-2/h6-12,19H,4-5H2,1-3H3,(H,20,21). The molecule has 0 aliphatic heterocycles. The highest BCUT2D eigenvalue weighted by Crippen LogP contribution is 2.24. The van der Waals surface area contributed by atoms with Crippen LogP contribution in [0.3, 0.4) is 0 Å². The third-order valence-corrected chi connectivity index (χ3v) is 5.25. The quantitative estimate of drug-likeness (QED) is 0.793. The van der Waals surface area contributed by atoms with E-state index < -0.39 is 15.9 Å². The van der Waals surface area contributed by atoms with Gasteiger partial charge in [0.05, 0.1) is 17.6 Å². The molecule has 0 aliphatic rings. The Morgan fingerprint density at radius 3 is 2.48 bits per heavy atom. The second-order valence-corrected chi connectivity index (χ2v) is 7.10. The van der Waals surface area contributed by atoms with Gasteiger partial charge in [-0.25, -0.2) is 13.1 Å². The van der Waals surface area contributed by atoms with Crippen LogP contribution < -0.4 is 14.8 Å². The van der Waals surface area contributed by atoms with Gasteiger partial charge in [0, 0.05) is 12.2 Å². The highest BCUT2D eigenvalue weighted by atomic mass is 32.2. The number of carbonyl (C=O) groups excluding carboxylic acids is 1. The summed E-state index contributed by atoms with van der Waals surface area (Å²) in [6, 6.07) is 11.7. The van der Waals surface area contributed by atoms with Crippen LogP contribution in [0.4, 0.5) is 5.69 Å². The maximum absolute atomic E-state index is 12.7. The highest BCUT2D eigenvalue weighted by molar-refractivity contribution is 7.89. The number of methoxy groups -OCH3 is 1. The minimum absolute atomic E-state index is 0.0177. The van der Waals surface area contributed by atoms with Crippen molar-refractivity contribution < 1.29 is 17.9 Å². The molecule has 0 unspecified atom stereocenters. The molecule has 0 fully saturated rings. The molecule has 7 heteroatoms. The van der Waals surface area contributed by atoms with Gasteiger partial charge in [-0.3, -0.25) is 4.79 Å². The topological polar surface area (TPSA) is 84.5 Å². The van der Waals surface area contributed by atoms with E-state index in [2.05, 4.69) is 10.0 Å². The van der Waals surface area contributed by atoms with Crippen LogP contribution in [-0.2, 0) is 16.4 Å². The zero-order chi connectivity index (χ0) is 18.4. The number of rotatable bonds is 7. The van der Waals surface area contributed by atoms with Crippen molar-refractivity contribution in [1.82, 2.24) is 4.72 Å². The van der Waals surface area contributed by atoms with Gasteiger partial charge in [-0.15, -0.1) is 0 Å². The molecule has 6 nitrogen and oxygen atoms in total. The molecule has 0 aromatic heterocycles. The summed E-state index contributed by atoms with van der Waals surface area (Å²) in [6.45, 7) is 3.95. The van der Waals surface area contributed by atoms with Crippen molar-refractivity contribution in [2.75, 3.05) is 19.0 Å². The number of ether oxygens (including phenoxy) is 1. The number of amides is 1. The predicted octanol–water partition coefficient (Wildman–Crippen LogP) is 2.81. The highest BCUT2D eigenvalue weighted by Gasteiger charge is 2.19. The molecule has 1 amide bonds. The Morgan fingerprint density at radius 1 is 1.12 bits per heavy atom. The van der Waals surface area contributed by atoms with Crippen molar-refractivity contribution in [3.63, 3.8) is 0 Å². The van der Waals surface area contributed by atoms with E-state index in [4.69, 9.17) is 4.74 Å². The normalized spacial score (nSPS) is 11.2. The molecule has 0 heterocycles. The number of carbonyl (C=O) groups is 1. The molecule has 0 radical (unpaired) electrons. The predicted molar refractivity (Wildman–Crippen MR) is 97.6 cm³/mol. The number of anilines is 1. The first-order valence-corrected chi connectivity index (χ1v) is 9.48. The largest absolute Gasteiger partial charge is 0.496 e. The Morgan fingerprint density at radius 2 is 1.84 bits per heavy atom. The van der Waals surface area contributed by atoms with E-state index in [-0.39, 0.29) is 17.0 Å². The average Bonchev–Trinajstić information content (AvgIpc) is 2.61. The summed E-state index contributed by atoms with van der Waals surface area (Å²) in [5.74, 6) is -0.117. The van der Waals surface area contributed by atoms with Crippen LogP contribution in [0.5, 0.6) is 5.75 Å². The number of para-hydroxylation sites is 1. The van der Waals surface area contributed by atoms with Crippen LogP contribution >= 0.6 is 0 Å². The summed E-state index contributed by atoms with van der Waals surface area (Å²) in [6.07, 6.45) is 0.766. The van der Waals surface area contributed by atoms with Crippen molar-refractivity contribution in [2.45, 2.75) is 25.2 Å². The lowest BCUT2D eigenvalue weighted by molar-refractivity contribution is 0.102. The Labute approximate surface area is 148 Å². The van der Waals surface area contributed by atoms with E-state index >= 15 is 0 Å². The summed E-state index contributed by atoms with van der Waals surface area (Å²) in [4.78, 5) is 12.7. The van der Waals surface area contributed by atoms with Crippen LogP contribution in [0.25, 0.3) is 0 Å².